The van der Waals surface area contributed by atoms with Crippen molar-refractivity contribution in [3.05, 3.63) is 48.7 Å². The predicted octanol–water partition coefficient (Wildman–Crippen LogP) is 4.32. The summed E-state index contributed by atoms with van der Waals surface area (Å²) in [5.41, 5.74) is 1.17. The van der Waals surface area contributed by atoms with Crippen LogP contribution in [0.2, 0.25) is 5.02 Å². The van der Waals surface area contributed by atoms with Crippen molar-refractivity contribution in [2.75, 3.05) is 5.32 Å². The fourth-order valence-electron chi connectivity index (χ4n) is 1.40. The van der Waals surface area contributed by atoms with E-state index in [2.05, 4.69) is 27.9 Å². The highest BCUT2D eigenvalue weighted by Crippen LogP contribution is 2.25. The first kappa shape index (κ1) is 13.6. The lowest BCUT2D eigenvalue weighted by Gasteiger charge is -2.07. The zero-order valence-electron chi connectivity index (χ0n) is 9.11. The van der Waals surface area contributed by atoms with E-state index in [0.29, 0.717) is 17.1 Å². The molecule has 2 N–H and O–H groups in total. The number of halogens is 2. The number of hydrogen-bond donors (Lipinski definition) is 2. The van der Waals surface area contributed by atoms with Gasteiger partial charge < -0.3 is 10.4 Å². The number of benzene rings is 1. The average molecular weight is 394 g/mol. The SMILES string of the molecule is O=C(O)c1csc(CNc2ccc(I)cc2Cl)c1. The third-order valence-electron chi connectivity index (χ3n) is 2.28. The standard InChI is InChI=1S/C12H9ClINO2S/c13-10-4-8(14)1-2-11(10)15-5-9-3-7(6-18-9)12(16)17/h1-4,6,15H,5H2,(H,16,17). The maximum Gasteiger partial charge on any atom is 0.336 e. The zero-order valence-corrected chi connectivity index (χ0v) is 12.8. The molecular weight excluding hydrogens is 385 g/mol. The summed E-state index contributed by atoms with van der Waals surface area (Å²) in [6, 6.07) is 7.42. The molecule has 1 heterocycles. The molecular formula is C12H9ClINO2S. The van der Waals surface area contributed by atoms with Crippen LogP contribution >= 0.6 is 45.5 Å². The summed E-state index contributed by atoms with van der Waals surface area (Å²) >= 11 is 9.71. The van der Waals surface area contributed by atoms with Crippen LogP contribution in [0.25, 0.3) is 0 Å². The van der Waals surface area contributed by atoms with Crippen molar-refractivity contribution in [1.82, 2.24) is 0 Å². The van der Waals surface area contributed by atoms with E-state index in [0.717, 1.165) is 14.1 Å². The monoisotopic (exact) mass is 393 g/mol. The topological polar surface area (TPSA) is 49.3 Å². The van der Waals surface area contributed by atoms with Gasteiger partial charge in [0.2, 0.25) is 0 Å². The van der Waals surface area contributed by atoms with Crippen molar-refractivity contribution >= 4 is 57.2 Å². The largest absolute Gasteiger partial charge is 0.478 e. The second-order valence-electron chi connectivity index (χ2n) is 3.58. The predicted molar refractivity (Wildman–Crippen MR) is 82.8 cm³/mol. The van der Waals surface area contributed by atoms with E-state index in [4.69, 9.17) is 16.7 Å². The molecule has 0 radical (unpaired) electrons. The number of nitrogens with one attached hydrogen (secondary N) is 1. The fourth-order valence-corrected chi connectivity index (χ4v) is 3.12. The quantitative estimate of drug-likeness (QED) is 0.761. The molecule has 0 aliphatic heterocycles. The van der Waals surface area contributed by atoms with E-state index in [1.54, 1.807) is 11.4 Å². The van der Waals surface area contributed by atoms with Crippen LogP contribution in [-0.4, -0.2) is 11.1 Å². The van der Waals surface area contributed by atoms with E-state index >= 15 is 0 Å². The van der Waals surface area contributed by atoms with Crippen LogP contribution in [0.5, 0.6) is 0 Å². The van der Waals surface area contributed by atoms with Gasteiger partial charge in [-0.15, -0.1) is 11.3 Å². The van der Waals surface area contributed by atoms with Crippen molar-refractivity contribution in [3.63, 3.8) is 0 Å². The van der Waals surface area contributed by atoms with Gasteiger partial charge in [-0.05, 0) is 46.9 Å². The molecule has 0 aliphatic carbocycles. The Morgan fingerprint density at radius 3 is 2.83 bits per heavy atom. The highest BCUT2D eigenvalue weighted by Gasteiger charge is 2.07. The Bertz CT molecular complexity index is 585. The van der Waals surface area contributed by atoms with Crippen molar-refractivity contribution in [3.8, 4) is 0 Å². The lowest BCUT2D eigenvalue weighted by atomic mass is 10.3. The summed E-state index contributed by atoms with van der Waals surface area (Å²) in [7, 11) is 0. The summed E-state index contributed by atoms with van der Waals surface area (Å²) in [6.45, 7) is 0.568. The third kappa shape index (κ3) is 3.37. The number of aromatic carboxylic acids is 1. The normalized spacial score (nSPS) is 10.3. The van der Waals surface area contributed by atoms with Crippen LogP contribution in [0.3, 0.4) is 0 Å². The molecule has 0 amide bonds. The van der Waals surface area contributed by atoms with E-state index in [9.17, 15) is 4.79 Å². The molecule has 0 saturated carbocycles. The summed E-state index contributed by atoms with van der Waals surface area (Å²) in [4.78, 5) is 11.7. The second kappa shape index (κ2) is 5.90. The van der Waals surface area contributed by atoms with Gasteiger partial charge in [-0.25, -0.2) is 4.79 Å². The van der Waals surface area contributed by atoms with Crippen LogP contribution in [-0.2, 0) is 6.54 Å². The lowest BCUT2D eigenvalue weighted by molar-refractivity contribution is 0.0697. The number of thiophene rings is 1. The molecule has 0 atom stereocenters. The number of carboxylic acids is 1. The Morgan fingerprint density at radius 1 is 1.44 bits per heavy atom. The minimum atomic E-state index is -0.898. The van der Waals surface area contributed by atoms with Gasteiger partial charge in [0.1, 0.15) is 0 Å². The van der Waals surface area contributed by atoms with E-state index in [-0.39, 0.29) is 0 Å². The molecule has 2 rings (SSSR count). The lowest BCUT2D eigenvalue weighted by Crippen LogP contribution is -1.98. The first-order valence-electron chi connectivity index (χ1n) is 5.06. The van der Waals surface area contributed by atoms with Crippen molar-refractivity contribution in [2.45, 2.75) is 6.54 Å². The first-order valence-corrected chi connectivity index (χ1v) is 7.39. The number of carbonyl (C=O) groups is 1. The molecule has 6 heteroatoms. The van der Waals surface area contributed by atoms with E-state index in [1.807, 2.05) is 18.2 Å². The molecule has 0 spiro atoms. The van der Waals surface area contributed by atoms with Crippen LogP contribution < -0.4 is 5.32 Å². The summed E-state index contributed by atoms with van der Waals surface area (Å²) in [6.07, 6.45) is 0. The summed E-state index contributed by atoms with van der Waals surface area (Å²) in [5, 5.41) is 14.3. The van der Waals surface area contributed by atoms with Crippen molar-refractivity contribution in [2.24, 2.45) is 0 Å². The fraction of sp³-hybridized carbons (Fsp3) is 0.0833. The van der Waals surface area contributed by atoms with Gasteiger partial charge in [0.05, 0.1) is 16.3 Å². The molecule has 0 fully saturated rings. The highest BCUT2D eigenvalue weighted by atomic mass is 127. The van der Waals surface area contributed by atoms with Gasteiger partial charge >= 0.3 is 5.97 Å². The molecule has 1 aromatic carbocycles. The Kier molecular flexibility index (Phi) is 4.47. The Labute approximate surface area is 127 Å². The summed E-state index contributed by atoms with van der Waals surface area (Å²) in [5.74, 6) is -0.898. The molecule has 2 aromatic rings. The molecule has 0 saturated heterocycles. The summed E-state index contributed by atoms with van der Waals surface area (Å²) < 4.78 is 1.08. The number of carboxylic acid groups (broad SMARTS) is 1. The van der Waals surface area contributed by atoms with Gasteiger partial charge in [-0.1, -0.05) is 11.6 Å². The first-order chi connectivity index (χ1) is 8.56. The Hall–Kier alpha value is -0.790. The maximum atomic E-state index is 10.7. The van der Waals surface area contributed by atoms with E-state index < -0.39 is 5.97 Å². The number of anilines is 1. The zero-order chi connectivity index (χ0) is 13.1. The third-order valence-corrected chi connectivity index (χ3v) is 4.21. The second-order valence-corrected chi connectivity index (χ2v) is 6.23. The van der Waals surface area contributed by atoms with Gasteiger partial charge in [0.25, 0.3) is 0 Å². The molecule has 0 aliphatic rings. The Balaban J connectivity index is 2.04. The minimum Gasteiger partial charge on any atom is -0.478 e. The Morgan fingerprint density at radius 2 is 2.22 bits per heavy atom. The van der Waals surface area contributed by atoms with Crippen LogP contribution in [0.1, 0.15) is 15.2 Å². The van der Waals surface area contributed by atoms with Gasteiger partial charge in [-0.3, -0.25) is 0 Å². The highest BCUT2D eigenvalue weighted by molar-refractivity contribution is 14.1. The van der Waals surface area contributed by atoms with Crippen LogP contribution in [0, 0.1) is 3.57 Å². The van der Waals surface area contributed by atoms with Gasteiger partial charge in [0.15, 0.2) is 0 Å². The molecule has 0 bridgehead atoms. The van der Waals surface area contributed by atoms with Crippen LogP contribution in [0.4, 0.5) is 5.69 Å². The molecule has 3 nitrogen and oxygen atoms in total. The number of rotatable bonds is 4. The minimum absolute atomic E-state index is 0.325. The van der Waals surface area contributed by atoms with Crippen molar-refractivity contribution in [1.29, 1.82) is 0 Å². The van der Waals surface area contributed by atoms with Gasteiger partial charge in [0, 0.05) is 20.4 Å². The van der Waals surface area contributed by atoms with Crippen molar-refractivity contribution < 1.29 is 9.90 Å². The molecule has 0 unspecified atom stereocenters. The molecule has 94 valence electrons. The van der Waals surface area contributed by atoms with Crippen LogP contribution in [0.15, 0.2) is 29.6 Å². The average Bonchev–Trinajstić information content (AvgIpc) is 2.76. The smallest absolute Gasteiger partial charge is 0.336 e. The molecule has 1 aromatic heterocycles. The van der Waals surface area contributed by atoms with Gasteiger partial charge in [-0.2, -0.15) is 0 Å². The number of hydrogen-bond acceptors (Lipinski definition) is 3. The molecule has 18 heavy (non-hydrogen) atoms. The maximum absolute atomic E-state index is 10.7. The van der Waals surface area contributed by atoms with E-state index in [1.165, 1.54) is 11.3 Å².